The van der Waals surface area contributed by atoms with Gasteiger partial charge in [0, 0.05) is 13.5 Å². The molecule has 2 amide bonds. The Morgan fingerprint density at radius 1 is 1.06 bits per heavy atom. The Kier molecular flexibility index (Phi) is 9.14. The molecule has 0 radical (unpaired) electrons. The molecule has 1 rings (SSSR count). The summed E-state index contributed by atoms with van der Waals surface area (Å²) in [6.07, 6.45) is -0.613. The maximum absolute atomic E-state index is 12.8. The molecule has 0 aliphatic carbocycles. The van der Waals surface area contributed by atoms with Crippen molar-refractivity contribution >= 4 is 26.3 Å². The zero-order valence-electron chi connectivity index (χ0n) is 21.6. The molecule has 0 aliphatic rings. The van der Waals surface area contributed by atoms with Gasteiger partial charge in [-0.2, -0.15) is 0 Å². The molecule has 2 N–H and O–H groups in total. The van der Waals surface area contributed by atoms with Gasteiger partial charge in [-0.15, -0.1) is 0 Å². The fraction of sp³-hybridized carbons (Fsp3) is 0.625. The summed E-state index contributed by atoms with van der Waals surface area (Å²) in [6, 6.07) is 5.28. The summed E-state index contributed by atoms with van der Waals surface area (Å²) >= 11 is 0. The minimum atomic E-state index is -1.98. The zero-order valence-corrected chi connectivity index (χ0v) is 22.6. The van der Waals surface area contributed by atoms with Crippen LogP contribution in [0.25, 0.3) is 0 Å². The van der Waals surface area contributed by atoms with E-state index in [1.807, 2.05) is 24.3 Å². The predicted molar refractivity (Wildman–Crippen MR) is 131 cm³/mol. The molecule has 0 bridgehead atoms. The number of carboxylic acids is 1. The lowest BCUT2D eigenvalue weighted by Gasteiger charge is -2.36. The second-order valence-electron chi connectivity index (χ2n) is 10.9. The normalized spacial score (nSPS) is 14.1. The number of rotatable bonds is 8. The van der Waals surface area contributed by atoms with E-state index in [0.717, 1.165) is 16.2 Å². The van der Waals surface area contributed by atoms with Crippen molar-refractivity contribution in [1.82, 2.24) is 10.2 Å². The fourth-order valence-corrected chi connectivity index (χ4v) is 3.79. The van der Waals surface area contributed by atoms with E-state index in [1.54, 1.807) is 20.8 Å². The number of amides is 2. The summed E-state index contributed by atoms with van der Waals surface area (Å²) < 4.78 is 11.4. The van der Waals surface area contributed by atoms with Crippen LogP contribution in [0, 0.1) is 0 Å². The van der Waals surface area contributed by atoms with Crippen LogP contribution < -0.4 is 9.74 Å². The third-order valence-electron chi connectivity index (χ3n) is 5.74. The van der Waals surface area contributed by atoms with E-state index in [2.05, 4.69) is 39.2 Å². The second kappa shape index (κ2) is 10.6. The third kappa shape index (κ3) is 8.72. The van der Waals surface area contributed by atoms with Gasteiger partial charge in [-0.25, -0.2) is 9.59 Å². The standard InChI is InChI=1S/C24H40N2O6Si/c1-16(25-22(30)31-23(2,3)4)20(27)26(8)19(21(28)29)15-17-11-13-18(14-12-17)32-33(9,10)24(5,6)7/h11-14,16,19H,15H2,1-10H3,(H,25,30)(H,28,29)/t16-,19+/m0/s1. The Morgan fingerprint density at radius 3 is 2.00 bits per heavy atom. The number of carboxylic acid groups (broad SMARTS) is 1. The average Bonchev–Trinajstić information content (AvgIpc) is 2.63. The molecule has 33 heavy (non-hydrogen) atoms. The van der Waals surface area contributed by atoms with Crippen molar-refractivity contribution < 1.29 is 28.7 Å². The van der Waals surface area contributed by atoms with Gasteiger partial charge in [0.05, 0.1) is 0 Å². The van der Waals surface area contributed by atoms with Crippen molar-refractivity contribution in [2.75, 3.05) is 7.05 Å². The van der Waals surface area contributed by atoms with Crippen molar-refractivity contribution in [3.8, 4) is 5.75 Å². The summed E-state index contributed by atoms with van der Waals surface area (Å²) in [5.41, 5.74) is 0.0559. The first-order valence-electron chi connectivity index (χ1n) is 11.1. The summed E-state index contributed by atoms with van der Waals surface area (Å²) in [4.78, 5) is 37.8. The molecule has 186 valence electrons. The number of nitrogens with one attached hydrogen (secondary N) is 1. The quantitative estimate of drug-likeness (QED) is 0.533. The topological polar surface area (TPSA) is 105 Å². The molecule has 0 aliphatic heterocycles. The SMILES string of the molecule is C[C@H](NC(=O)OC(C)(C)C)C(=O)N(C)[C@H](Cc1ccc(O[Si](C)(C)C(C)(C)C)cc1)C(=O)O. The van der Waals surface area contributed by atoms with Crippen LogP contribution in [0.2, 0.25) is 18.1 Å². The molecule has 9 heteroatoms. The highest BCUT2D eigenvalue weighted by Crippen LogP contribution is 2.37. The van der Waals surface area contributed by atoms with Crippen LogP contribution in [0.15, 0.2) is 24.3 Å². The Hall–Kier alpha value is -2.55. The van der Waals surface area contributed by atoms with E-state index in [0.29, 0.717) is 0 Å². The molecule has 0 aromatic heterocycles. The van der Waals surface area contributed by atoms with Gasteiger partial charge in [0.2, 0.25) is 14.2 Å². The maximum atomic E-state index is 12.8. The largest absolute Gasteiger partial charge is 0.544 e. The van der Waals surface area contributed by atoms with Gasteiger partial charge >= 0.3 is 12.1 Å². The van der Waals surface area contributed by atoms with Crippen LogP contribution in [0.5, 0.6) is 5.75 Å². The highest BCUT2D eigenvalue weighted by Gasteiger charge is 2.39. The van der Waals surface area contributed by atoms with E-state index in [1.165, 1.54) is 14.0 Å². The molecule has 0 saturated heterocycles. The van der Waals surface area contributed by atoms with Crippen molar-refractivity contribution in [3.05, 3.63) is 29.8 Å². The molecule has 2 atom stereocenters. The lowest BCUT2D eigenvalue weighted by atomic mass is 10.0. The number of aliphatic carboxylic acids is 1. The van der Waals surface area contributed by atoms with E-state index in [4.69, 9.17) is 9.16 Å². The number of carbonyl (C=O) groups is 3. The minimum Gasteiger partial charge on any atom is -0.544 e. The Labute approximate surface area is 198 Å². The first-order chi connectivity index (χ1) is 14.8. The number of carbonyl (C=O) groups excluding carboxylic acids is 2. The van der Waals surface area contributed by atoms with Crippen LogP contribution in [0.1, 0.15) is 54.0 Å². The van der Waals surface area contributed by atoms with Crippen LogP contribution in [-0.2, 0) is 20.7 Å². The molecular formula is C24H40N2O6Si. The van der Waals surface area contributed by atoms with Crippen LogP contribution in [-0.4, -0.2) is 61.0 Å². The van der Waals surface area contributed by atoms with Gasteiger partial charge in [0.25, 0.3) is 0 Å². The average molecular weight is 481 g/mol. The number of nitrogens with zero attached hydrogens (tertiary/aromatic N) is 1. The molecule has 0 fully saturated rings. The summed E-state index contributed by atoms with van der Waals surface area (Å²) in [5.74, 6) is -0.903. The monoisotopic (exact) mass is 480 g/mol. The molecule has 0 unspecified atom stereocenters. The number of hydrogen-bond donors (Lipinski definition) is 2. The fourth-order valence-electron chi connectivity index (χ4n) is 2.76. The number of ether oxygens (including phenoxy) is 1. The minimum absolute atomic E-state index is 0.0627. The molecule has 1 aromatic carbocycles. The van der Waals surface area contributed by atoms with Gasteiger partial charge in [0.15, 0.2) is 0 Å². The highest BCUT2D eigenvalue weighted by atomic mass is 28.4. The van der Waals surface area contributed by atoms with Crippen molar-refractivity contribution in [2.24, 2.45) is 0 Å². The predicted octanol–water partition coefficient (Wildman–Crippen LogP) is 4.44. The molecule has 8 nitrogen and oxygen atoms in total. The van der Waals surface area contributed by atoms with Gasteiger partial charge in [-0.1, -0.05) is 32.9 Å². The smallest absolute Gasteiger partial charge is 0.408 e. The lowest BCUT2D eigenvalue weighted by molar-refractivity contribution is -0.149. The van der Waals surface area contributed by atoms with Gasteiger partial charge in [0.1, 0.15) is 23.4 Å². The number of hydrogen-bond acceptors (Lipinski definition) is 5. The molecular weight excluding hydrogens is 440 g/mol. The lowest BCUT2D eigenvalue weighted by Crippen LogP contribution is -2.52. The Bertz CT molecular complexity index is 840. The maximum Gasteiger partial charge on any atom is 0.408 e. The van der Waals surface area contributed by atoms with Crippen molar-refractivity contribution in [1.29, 1.82) is 0 Å². The van der Waals surface area contributed by atoms with Crippen molar-refractivity contribution in [3.63, 3.8) is 0 Å². The van der Waals surface area contributed by atoms with Gasteiger partial charge in [-0.05, 0) is 63.5 Å². The summed E-state index contributed by atoms with van der Waals surface area (Å²) in [6.45, 7) is 17.5. The van der Waals surface area contributed by atoms with Crippen LogP contribution in [0.4, 0.5) is 4.79 Å². The highest BCUT2D eigenvalue weighted by molar-refractivity contribution is 6.74. The van der Waals surface area contributed by atoms with Crippen molar-refractivity contribution in [2.45, 2.75) is 90.7 Å². The molecule has 0 heterocycles. The number of alkyl carbamates (subject to hydrolysis) is 1. The first-order valence-corrected chi connectivity index (χ1v) is 14.0. The molecule has 0 spiro atoms. The third-order valence-corrected chi connectivity index (χ3v) is 10.1. The number of benzene rings is 1. The van der Waals surface area contributed by atoms with Gasteiger partial charge < -0.3 is 24.5 Å². The van der Waals surface area contributed by atoms with Crippen LogP contribution in [0.3, 0.4) is 0 Å². The second-order valence-corrected chi connectivity index (χ2v) is 15.6. The first kappa shape index (κ1) is 28.5. The molecule has 0 saturated carbocycles. The van der Waals surface area contributed by atoms with E-state index < -0.39 is 44.0 Å². The Balaban J connectivity index is 2.88. The number of likely N-dealkylation sites (N-methyl/N-ethyl adjacent to an activating group) is 1. The Morgan fingerprint density at radius 2 is 1.58 bits per heavy atom. The van der Waals surface area contributed by atoms with E-state index >= 15 is 0 Å². The van der Waals surface area contributed by atoms with E-state index in [9.17, 15) is 19.5 Å². The van der Waals surface area contributed by atoms with Gasteiger partial charge in [-0.3, -0.25) is 4.79 Å². The van der Waals surface area contributed by atoms with Crippen LogP contribution >= 0.6 is 0 Å². The summed E-state index contributed by atoms with van der Waals surface area (Å²) in [5, 5.41) is 12.3. The molecule has 1 aromatic rings. The zero-order chi connectivity index (χ0) is 25.8. The van der Waals surface area contributed by atoms with E-state index in [-0.39, 0.29) is 11.5 Å². The summed E-state index contributed by atoms with van der Waals surface area (Å²) in [7, 11) is -0.559.